The molecule has 0 unspecified atom stereocenters. The number of hydrogen-bond acceptors (Lipinski definition) is 1. The summed E-state index contributed by atoms with van der Waals surface area (Å²) in [6, 6.07) is 0. The Morgan fingerprint density at radius 1 is 1.55 bits per heavy atom. The Balaban J connectivity index is 3.86. The molecular formula is C10H16S. The van der Waals surface area contributed by atoms with Crippen molar-refractivity contribution in [3.05, 3.63) is 35.8 Å². The molecule has 0 heterocycles. The van der Waals surface area contributed by atoms with Gasteiger partial charge in [0.15, 0.2) is 0 Å². The molecule has 0 saturated heterocycles. The smallest absolute Gasteiger partial charge is 0.00657 e. The average Bonchev–Trinajstić information content (AvgIpc) is 2.03. The van der Waals surface area contributed by atoms with Gasteiger partial charge in [0.25, 0.3) is 0 Å². The molecule has 0 amide bonds. The summed E-state index contributed by atoms with van der Waals surface area (Å²) >= 11 is 1.75. The number of unbranched alkanes of at least 4 members (excludes halogenated alkanes) is 1. The molecule has 0 aliphatic carbocycles. The van der Waals surface area contributed by atoms with E-state index in [4.69, 9.17) is 0 Å². The minimum absolute atomic E-state index is 1.16. The van der Waals surface area contributed by atoms with Crippen LogP contribution >= 0.6 is 11.8 Å². The van der Waals surface area contributed by atoms with Gasteiger partial charge in [0, 0.05) is 4.91 Å². The van der Waals surface area contributed by atoms with E-state index in [0.29, 0.717) is 0 Å². The van der Waals surface area contributed by atoms with Crippen LogP contribution in [0.15, 0.2) is 35.8 Å². The number of allylic oxidation sites excluding steroid dienone is 4. The van der Waals surface area contributed by atoms with Crippen LogP contribution in [0.1, 0.15) is 19.8 Å². The predicted molar refractivity (Wildman–Crippen MR) is 55.8 cm³/mol. The lowest BCUT2D eigenvalue weighted by Gasteiger charge is -1.92. The Labute approximate surface area is 74.1 Å². The molecule has 0 aliphatic heterocycles. The minimum atomic E-state index is 1.16. The lowest BCUT2D eigenvalue weighted by Crippen LogP contribution is -1.67. The predicted octanol–water partition coefficient (Wildman–Crippen LogP) is 3.78. The van der Waals surface area contributed by atoms with Gasteiger partial charge in [-0.2, -0.15) is 0 Å². The highest BCUT2D eigenvalue weighted by Crippen LogP contribution is 2.13. The van der Waals surface area contributed by atoms with Crippen LogP contribution in [0.25, 0.3) is 0 Å². The summed E-state index contributed by atoms with van der Waals surface area (Å²) in [7, 11) is 0. The maximum absolute atomic E-state index is 3.65. The zero-order valence-corrected chi connectivity index (χ0v) is 8.16. The van der Waals surface area contributed by atoms with Crippen LogP contribution in [0.2, 0.25) is 0 Å². The summed E-state index contributed by atoms with van der Waals surface area (Å²) in [5.41, 5.74) is 0. The molecule has 62 valence electrons. The van der Waals surface area contributed by atoms with Gasteiger partial charge in [-0.05, 0) is 18.8 Å². The standard InChI is InChI=1S/C10H16S/c1-4-6-7-9-10(11-3)8-5-2/h5,7-9H,2,4,6H2,1,3H3/b9-7+,10-8+. The Morgan fingerprint density at radius 3 is 2.73 bits per heavy atom. The zero-order valence-electron chi connectivity index (χ0n) is 7.34. The fourth-order valence-corrected chi connectivity index (χ4v) is 1.14. The third kappa shape index (κ3) is 5.99. The second-order valence-corrected chi connectivity index (χ2v) is 3.08. The number of rotatable bonds is 5. The van der Waals surface area contributed by atoms with Crippen molar-refractivity contribution in [3.8, 4) is 0 Å². The van der Waals surface area contributed by atoms with Crippen molar-refractivity contribution in [1.82, 2.24) is 0 Å². The van der Waals surface area contributed by atoms with Crippen molar-refractivity contribution in [2.24, 2.45) is 0 Å². The van der Waals surface area contributed by atoms with Gasteiger partial charge in [0.05, 0.1) is 0 Å². The Kier molecular flexibility index (Phi) is 7.37. The number of hydrogen-bond donors (Lipinski definition) is 0. The molecule has 0 aliphatic rings. The second-order valence-electron chi connectivity index (χ2n) is 2.20. The molecule has 0 aromatic rings. The van der Waals surface area contributed by atoms with E-state index < -0.39 is 0 Å². The van der Waals surface area contributed by atoms with Gasteiger partial charge in [0.1, 0.15) is 0 Å². The molecule has 0 fully saturated rings. The van der Waals surface area contributed by atoms with Crippen molar-refractivity contribution >= 4 is 11.8 Å². The van der Waals surface area contributed by atoms with E-state index in [9.17, 15) is 0 Å². The molecule has 0 bridgehead atoms. The van der Waals surface area contributed by atoms with Gasteiger partial charge in [-0.1, -0.05) is 38.2 Å². The van der Waals surface area contributed by atoms with E-state index in [2.05, 4.69) is 31.9 Å². The van der Waals surface area contributed by atoms with Crippen LogP contribution < -0.4 is 0 Å². The van der Waals surface area contributed by atoms with Crippen molar-refractivity contribution in [1.29, 1.82) is 0 Å². The highest BCUT2D eigenvalue weighted by atomic mass is 32.2. The van der Waals surface area contributed by atoms with Crippen molar-refractivity contribution < 1.29 is 0 Å². The lowest BCUT2D eigenvalue weighted by atomic mass is 10.3. The van der Waals surface area contributed by atoms with Gasteiger partial charge < -0.3 is 0 Å². The summed E-state index contributed by atoms with van der Waals surface area (Å²) in [5.74, 6) is 0. The highest BCUT2D eigenvalue weighted by Gasteiger charge is 1.83. The first-order valence-corrected chi connectivity index (χ1v) is 5.10. The van der Waals surface area contributed by atoms with E-state index in [-0.39, 0.29) is 0 Å². The fraction of sp³-hybridized carbons (Fsp3) is 0.400. The molecule has 0 aromatic heterocycles. The van der Waals surface area contributed by atoms with Gasteiger partial charge >= 0.3 is 0 Å². The molecule has 0 saturated carbocycles. The maximum atomic E-state index is 3.65. The normalized spacial score (nSPS) is 12.4. The third-order valence-corrected chi connectivity index (χ3v) is 2.00. The molecule has 0 nitrogen and oxygen atoms in total. The third-order valence-electron chi connectivity index (χ3n) is 1.26. The second kappa shape index (κ2) is 7.67. The summed E-state index contributed by atoms with van der Waals surface area (Å²) in [6.45, 7) is 5.83. The summed E-state index contributed by atoms with van der Waals surface area (Å²) in [4.78, 5) is 1.27. The van der Waals surface area contributed by atoms with E-state index in [0.717, 1.165) is 6.42 Å². The molecule has 0 aromatic carbocycles. The van der Waals surface area contributed by atoms with Gasteiger partial charge in [-0.15, -0.1) is 11.8 Å². The summed E-state index contributed by atoms with van der Waals surface area (Å²) in [6.07, 6.45) is 12.6. The molecule has 0 rings (SSSR count). The minimum Gasteiger partial charge on any atom is -0.130 e. The van der Waals surface area contributed by atoms with Gasteiger partial charge in [-0.3, -0.25) is 0 Å². The highest BCUT2D eigenvalue weighted by molar-refractivity contribution is 8.02. The van der Waals surface area contributed by atoms with E-state index in [1.165, 1.54) is 11.3 Å². The van der Waals surface area contributed by atoms with Crippen LogP contribution in [0.5, 0.6) is 0 Å². The first-order chi connectivity index (χ1) is 5.35. The summed E-state index contributed by atoms with van der Waals surface area (Å²) in [5, 5.41) is 0. The van der Waals surface area contributed by atoms with Gasteiger partial charge in [-0.25, -0.2) is 0 Å². The molecular weight excluding hydrogens is 152 g/mol. The molecule has 0 spiro atoms. The molecule has 1 heteroatoms. The molecule has 0 N–H and O–H groups in total. The lowest BCUT2D eigenvalue weighted by molar-refractivity contribution is 0.958. The van der Waals surface area contributed by atoms with Crippen molar-refractivity contribution in [2.45, 2.75) is 19.8 Å². The molecule has 0 atom stereocenters. The van der Waals surface area contributed by atoms with E-state index >= 15 is 0 Å². The van der Waals surface area contributed by atoms with Crippen LogP contribution in [-0.2, 0) is 0 Å². The monoisotopic (exact) mass is 168 g/mol. The van der Waals surface area contributed by atoms with Crippen LogP contribution in [0, 0.1) is 0 Å². The van der Waals surface area contributed by atoms with Crippen molar-refractivity contribution in [2.75, 3.05) is 6.26 Å². The molecule has 0 radical (unpaired) electrons. The topological polar surface area (TPSA) is 0 Å². The quantitative estimate of drug-likeness (QED) is 0.563. The van der Waals surface area contributed by atoms with Crippen LogP contribution in [0.3, 0.4) is 0 Å². The molecule has 11 heavy (non-hydrogen) atoms. The average molecular weight is 168 g/mol. The largest absolute Gasteiger partial charge is 0.130 e. The van der Waals surface area contributed by atoms with Crippen molar-refractivity contribution in [3.63, 3.8) is 0 Å². The Morgan fingerprint density at radius 2 is 2.27 bits per heavy atom. The first kappa shape index (κ1) is 10.6. The fourth-order valence-electron chi connectivity index (χ4n) is 0.674. The first-order valence-electron chi connectivity index (χ1n) is 3.88. The summed E-state index contributed by atoms with van der Waals surface area (Å²) < 4.78 is 0. The van der Waals surface area contributed by atoms with E-state index in [1.54, 1.807) is 11.8 Å². The Hall–Kier alpha value is -0.430. The van der Waals surface area contributed by atoms with Gasteiger partial charge in [0.2, 0.25) is 0 Å². The van der Waals surface area contributed by atoms with E-state index in [1.807, 2.05) is 12.2 Å². The SMILES string of the molecule is C=C/C=C(\C=C\CCC)SC. The zero-order chi connectivity index (χ0) is 8.53. The Bertz CT molecular complexity index is 154. The number of thioether (sulfide) groups is 1. The van der Waals surface area contributed by atoms with Crippen LogP contribution in [0.4, 0.5) is 0 Å². The van der Waals surface area contributed by atoms with Crippen LogP contribution in [-0.4, -0.2) is 6.26 Å². The maximum Gasteiger partial charge on any atom is 0.00657 e.